The van der Waals surface area contributed by atoms with E-state index in [0.29, 0.717) is 80.1 Å². The van der Waals surface area contributed by atoms with Gasteiger partial charge in [-0.1, -0.05) is 36.4 Å². The molecule has 12 nitrogen and oxygen atoms in total. The lowest BCUT2D eigenvalue weighted by molar-refractivity contribution is -0.138. The Morgan fingerprint density at radius 1 is 0.719 bits per heavy atom. The average molecular weight is 780 g/mol. The fourth-order valence-electron chi connectivity index (χ4n) is 6.83. The SMILES string of the molecule is O=C(O)CCOCCOCCOCCOCCCc1cccc(C(=O)Nc2ccc(OC3CCC3)cc2-c2cc(C(=O)NC3CCCc4ccccc43)ccn2)c1. The lowest BCUT2D eigenvalue weighted by Crippen LogP contribution is -2.31. The molecule has 1 fully saturated rings. The minimum Gasteiger partial charge on any atom is -0.490 e. The standard InChI is InChI=1S/C45H53N3O9/c49-43(50)19-22-54-24-26-56-28-27-55-25-23-53-21-6-8-32-7-3-11-34(29-32)44(51)48-41-17-16-37(57-36-12-5-13-36)31-39(41)42-30-35(18-20-46-42)45(52)47-40-15-4-10-33-9-1-2-14-38(33)40/h1-3,7,9,11,14,16-18,20,29-31,36,40H,4-6,8,10,12-13,15,19,21-28H2,(H,47,52)(H,48,51)(H,49,50). The van der Waals surface area contributed by atoms with Crippen LogP contribution in [0.4, 0.5) is 5.69 Å². The molecule has 2 aliphatic carbocycles. The molecule has 0 aliphatic heterocycles. The van der Waals surface area contributed by atoms with Crippen molar-refractivity contribution in [3.8, 4) is 17.0 Å². The fraction of sp³-hybridized carbons (Fsp3) is 0.422. The van der Waals surface area contributed by atoms with Gasteiger partial charge in [0.25, 0.3) is 11.8 Å². The maximum absolute atomic E-state index is 13.7. The van der Waals surface area contributed by atoms with E-state index in [2.05, 4.69) is 27.8 Å². The number of fused-ring (bicyclic) bond motifs is 1. The molecule has 1 aromatic heterocycles. The quantitative estimate of drug-likeness (QED) is 0.0658. The number of nitrogens with zero attached hydrogens (tertiary/aromatic N) is 1. The maximum atomic E-state index is 13.7. The number of aryl methyl sites for hydroxylation is 2. The Morgan fingerprint density at radius 3 is 2.21 bits per heavy atom. The van der Waals surface area contributed by atoms with Crippen LogP contribution < -0.4 is 15.4 Å². The van der Waals surface area contributed by atoms with Crippen LogP contribution in [-0.2, 0) is 36.6 Å². The second-order valence-electron chi connectivity index (χ2n) is 14.3. The summed E-state index contributed by atoms with van der Waals surface area (Å²) in [5.74, 6) is -0.604. The summed E-state index contributed by atoms with van der Waals surface area (Å²) in [5.41, 5.74) is 6.31. The van der Waals surface area contributed by atoms with Gasteiger partial charge in [0.2, 0.25) is 0 Å². The van der Waals surface area contributed by atoms with Gasteiger partial charge in [-0.05, 0) is 111 Å². The molecule has 302 valence electrons. The number of pyridine rings is 1. The minimum atomic E-state index is -0.883. The summed E-state index contributed by atoms with van der Waals surface area (Å²) in [5, 5.41) is 14.9. The highest BCUT2D eigenvalue weighted by atomic mass is 16.6. The molecule has 3 aromatic carbocycles. The van der Waals surface area contributed by atoms with Gasteiger partial charge in [-0.3, -0.25) is 19.4 Å². The van der Waals surface area contributed by atoms with Crippen LogP contribution in [0.3, 0.4) is 0 Å². The molecule has 1 heterocycles. The third-order valence-electron chi connectivity index (χ3n) is 10.1. The van der Waals surface area contributed by atoms with Crippen molar-refractivity contribution in [1.29, 1.82) is 0 Å². The first kappa shape index (κ1) is 41.5. The molecule has 6 rings (SSSR count). The molecule has 1 atom stereocenters. The highest BCUT2D eigenvalue weighted by Gasteiger charge is 2.24. The van der Waals surface area contributed by atoms with Crippen molar-refractivity contribution in [3.05, 3.63) is 113 Å². The van der Waals surface area contributed by atoms with Crippen molar-refractivity contribution in [2.75, 3.05) is 58.2 Å². The zero-order valence-corrected chi connectivity index (χ0v) is 32.4. The molecule has 0 bridgehead atoms. The number of anilines is 1. The number of benzene rings is 3. The van der Waals surface area contributed by atoms with Crippen molar-refractivity contribution in [3.63, 3.8) is 0 Å². The Bertz CT molecular complexity index is 1930. The predicted octanol–water partition coefficient (Wildman–Crippen LogP) is 7.21. The summed E-state index contributed by atoms with van der Waals surface area (Å²) < 4.78 is 28.1. The van der Waals surface area contributed by atoms with Gasteiger partial charge in [-0.15, -0.1) is 0 Å². The van der Waals surface area contributed by atoms with Crippen molar-refractivity contribution >= 4 is 23.5 Å². The second kappa shape index (κ2) is 22.0. The summed E-state index contributed by atoms with van der Waals surface area (Å²) in [6.45, 7) is 3.24. The Balaban J connectivity index is 0.999. The number of nitrogens with one attached hydrogen (secondary N) is 2. The van der Waals surface area contributed by atoms with Gasteiger partial charge < -0.3 is 39.4 Å². The van der Waals surface area contributed by atoms with Crippen molar-refractivity contribution in [2.45, 2.75) is 69.9 Å². The number of aromatic nitrogens is 1. The van der Waals surface area contributed by atoms with Crippen molar-refractivity contribution in [2.24, 2.45) is 0 Å². The zero-order valence-electron chi connectivity index (χ0n) is 32.4. The lowest BCUT2D eigenvalue weighted by atomic mass is 9.87. The summed E-state index contributed by atoms with van der Waals surface area (Å²) in [7, 11) is 0. The highest BCUT2D eigenvalue weighted by molar-refractivity contribution is 6.06. The van der Waals surface area contributed by atoms with E-state index in [4.69, 9.17) is 28.8 Å². The van der Waals surface area contributed by atoms with E-state index in [1.165, 1.54) is 11.1 Å². The van der Waals surface area contributed by atoms with Crippen molar-refractivity contribution in [1.82, 2.24) is 10.3 Å². The summed E-state index contributed by atoms with van der Waals surface area (Å²) in [6, 6.07) is 24.9. The third kappa shape index (κ3) is 12.9. The minimum absolute atomic E-state index is 0.0173. The van der Waals surface area contributed by atoms with Gasteiger partial charge in [0.15, 0.2) is 0 Å². The van der Waals surface area contributed by atoms with E-state index in [1.54, 1.807) is 24.4 Å². The first-order valence-corrected chi connectivity index (χ1v) is 20.0. The lowest BCUT2D eigenvalue weighted by Gasteiger charge is -2.27. The van der Waals surface area contributed by atoms with E-state index in [0.717, 1.165) is 56.9 Å². The van der Waals surface area contributed by atoms with Crippen LogP contribution >= 0.6 is 0 Å². The molecule has 57 heavy (non-hydrogen) atoms. The van der Waals surface area contributed by atoms with Gasteiger partial charge in [0.1, 0.15) is 5.75 Å². The van der Waals surface area contributed by atoms with E-state index in [9.17, 15) is 14.4 Å². The van der Waals surface area contributed by atoms with Crippen LogP contribution in [0.2, 0.25) is 0 Å². The molecule has 2 amide bonds. The van der Waals surface area contributed by atoms with Crippen LogP contribution in [0.25, 0.3) is 11.3 Å². The zero-order chi connectivity index (χ0) is 39.7. The van der Waals surface area contributed by atoms with Crippen LogP contribution in [0.15, 0.2) is 85.1 Å². The number of carboxylic acid groups (broad SMARTS) is 1. The molecule has 0 radical (unpaired) electrons. The first-order valence-electron chi connectivity index (χ1n) is 20.0. The third-order valence-corrected chi connectivity index (χ3v) is 10.1. The highest BCUT2D eigenvalue weighted by Crippen LogP contribution is 2.35. The van der Waals surface area contributed by atoms with E-state index < -0.39 is 5.97 Å². The summed E-state index contributed by atoms with van der Waals surface area (Å²) in [4.78, 5) is 42.4. The molecule has 4 aromatic rings. The van der Waals surface area contributed by atoms with E-state index in [-0.39, 0.29) is 37.0 Å². The smallest absolute Gasteiger partial charge is 0.305 e. The Labute approximate surface area is 334 Å². The van der Waals surface area contributed by atoms with Crippen LogP contribution in [0, 0.1) is 0 Å². The molecular formula is C45H53N3O9. The van der Waals surface area contributed by atoms with E-state index in [1.807, 2.05) is 48.5 Å². The Morgan fingerprint density at radius 2 is 1.46 bits per heavy atom. The number of carboxylic acids is 1. The summed E-state index contributed by atoms with van der Waals surface area (Å²) in [6.07, 6.45) is 9.41. The molecule has 0 saturated heterocycles. The molecule has 2 aliphatic rings. The molecule has 3 N–H and O–H groups in total. The van der Waals surface area contributed by atoms with Gasteiger partial charge in [0, 0.05) is 29.5 Å². The second-order valence-corrected chi connectivity index (χ2v) is 14.3. The number of amides is 2. The maximum Gasteiger partial charge on any atom is 0.305 e. The predicted molar refractivity (Wildman–Crippen MR) is 216 cm³/mol. The normalized spacial score (nSPS) is 15.0. The number of carbonyl (C=O) groups is 3. The van der Waals surface area contributed by atoms with Gasteiger partial charge in [-0.2, -0.15) is 0 Å². The number of ether oxygens (including phenoxy) is 5. The molecule has 1 unspecified atom stereocenters. The molecule has 1 saturated carbocycles. The molecule has 0 spiro atoms. The Hall–Kier alpha value is -5.14. The summed E-state index contributed by atoms with van der Waals surface area (Å²) >= 11 is 0. The monoisotopic (exact) mass is 779 g/mol. The fourth-order valence-corrected chi connectivity index (χ4v) is 6.83. The van der Waals surface area contributed by atoms with Crippen LogP contribution in [-0.4, -0.2) is 86.8 Å². The molecular weight excluding hydrogens is 727 g/mol. The number of hydrogen-bond acceptors (Lipinski definition) is 9. The largest absolute Gasteiger partial charge is 0.490 e. The van der Waals surface area contributed by atoms with Crippen LogP contribution in [0.1, 0.15) is 88.4 Å². The number of hydrogen-bond donors (Lipinski definition) is 3. The molecule has 12 heteroatoms. The average Bonchev–Trinajstić information content (AvgIpc) is 3.21. The topological polar surface area (TPSA) is 155 Å². The van der Waals surface area contributed by atoms with Gasteiger partial charge in [0.05, 0.1) is 76.2 Å². The van der Waals surface area contributed by atoms with Crippen LogP contribution in [0.5, 0.6) is 5.75 Å². The first-order chi connectivity index (χ1) is 27.9. The van der Waals surface area contributed by atoms with Gasteiger partial charge >= 0.3 is 5.97 Å². The van der Waals surface area contributed by atoms with Gasteiger partial charge in [-0.25, -0.2) is 0 Å². The van der Waals surface area contributed by atoms with Crippen molar-refractivity contribution < 1.29 is 43.2 Å². The number of aliphatic carboxylic acids is 1. The Kier molecular flexibility index (Phi) is 16.0. The number of carbonyl (C=O) groups excluding carboxylic acids is 2. The number of rotatable bonds is 23. The van der Waals surface area contributed by atoms with E-state index >= 15 is 0 Å².